The van der Waals surface area contributed by atoms with Crippen molar-refractivity contribution in [1.82, 2.24) is 4.98 Å². The van der Waals surface area contributed by atoms with Crippen LogP contribution in [0, 0.1) is 17.0 Å². The molecule has 0 atom stereocenters. The van der Waals surface area contributed by atoms with Crippen molar-refractivity contribution in [2.75, 3.05) is 5.32 Å². The van der Waals surface area contributed by atoms with E-state index in [1.165, 1.54) is 6.20 Å². The predicted octanol–water partition coefficient (Wildman–Crippen LogP) is 4.50. The lowest BCUT2D eigenvalue weighted by Gasteiger charge is -2.08. The number of nitro groups is 1. The van der Waals surface area contributed by atoms with Crippen LogP contribution in [0.2, 0.25) is 0 Å². The van der Waals surface area contributed by atoms with Gasteiger partial charge in [-0.15, -0.1) is 11.3 Å². The highest BCUT2D eigenvalue weighted by atomic mass is 79.9. The molecule has 5 nitrogen and oxygen atoms in total. The van der Waals surface area contributed by atoms with Crippen molar-refractivity contribution >= 4 is 54.7 Å². The van der Waals surface area contributed by atoms with Crippen LogP contribution < -0.4 is 5.32 Å². The maximum absolute atomic E-state index is 10.8. The van der Waals surface area contributed by atoms with Gasteiger partial charge in [0.1, 0.15) is 12.0 Å². The number of thiophene rings is 1. The van der Waals surface area contributed by atoms with Gasteiger partial charge in [-0.25, -0.2) is 4.98 Å². The number of nitrogens with zero attached hydrogens (tertiary/aromatic N) is 2. The molecule has 19 heavy (non-hydrogen) atoms. The molecule has 2 aromatic rings. The van der Waals surface area contributed by atoms with E-state index in [0.29, 0.717) is 22.4 Å². The first kappa shape index (κ1) is 14.4. The highest BCUT2D eigenvalue weighted by Crippen LogP contribution is 2.31. The zero-order chi connectivity index (χ0) is 14.0. The molecule has 100 valence electrons. The Morgan fingerprint density at radius 3 is 2.84 bits per heavy atom. The third-order valence-electron chi connectivity index (χ3n) is 2.49. The highest BCUT2D eigenvalue weighted by Gasteiger charge is 2.16. The van der Waals surface area contributed by atoms with E-state index in [9.17, 15) is 10.1 Å². The normalized spacial score (nSPS) is 10.5. The maximum Gasteiger partial charge on any atom is 0.291 e. The fraction of sp³-hybridized carbons (Fsp3) is 0.182. The van der Waals surface area contributed by atoms with Crippen LogP contribution in [0.1, 0.15) is 10.4 Å². The van der Waals surface area contributed by atoms with E-state index in [4.69, 9.17) is 0 Å². The summed E-state index contributed by atoms with van der Waals surface area (Å²) in [6, 6.07) is 2.02. The monoisotopic (exact) mass is 405 g/mol. The fourth-order valence-electron chi connectivity index (χ4n) is 1.49. The summed E-state index contributed by atoms with van der Waals surface area (Å²) in [6.45, 7) is 2.32. The molecule has 2 heterocycles. The molecule has 0 radical (unpaired) electrons. The van der Waals surface area contributed by atoms with E-state index < -0.39 is 4.92 Å². The third kappa shape index (κ3) is 3.31. The lowest BCUT2D eigenvalue weighted by Crippen LogP contribution is -2.03. The van der Waals surface area contributed by atoms with E-state index in [2.05, 4.69) is 42.2 Å². The molecule has 0 unspecified atom stereocenters. The number of aromatic nitrogens is 1. The number of halogens is 2. The van der Waals surface area contributed by atoms with E-state index in [1.54, 1.807) is 18.3 Å². The van der Waals surface area contributed by atoms with Crippen molar-refractivity contribution in [1.29, 1.82) is 0 Å². The lowest BCUT2D eigenvalue weighted by atomic mass is 10.2. The fourth-order valence-corrected chi connectivity index (χ4v) is 3.33. The van der Waals surface area contributed by atoms with Crippen molar-refractivity contribution < 1.29 is 4.92 Å². The van der Waals surface area contributed by atoms with Gasteiger partial charge in [0.2, 0.25) is 0 Å². The summed E-state index contributed by atoms with van der Waals surface area (Å²) < 4.78 is 1.67. The van der Waals surface area contributed by atoms with E-state index in [1.807, 2.05) is 11.4 Å². The zero-order valence-corrected chi connectivity index (χ0v) is 13.8. The van der Waals surface area contributed by atoms with E-state index in [-0.39, 0.29) is 5.69 Å². The van der Waals surface area contributed by atoms with Crippen LogP contribution in [0.3, 0.4) is 0 Å². The van der Waals surface area contributed by atoms with Crippen molar-refractivity contribution in [3.05, 3.63) is 47.1 Å². The molecule has 1 N–H and O–H groups in total. The topological polar surface area (TPSA) is 68.1 Å². The molecule has 0 bridgehead atoms. The van der Waals surface area contributed by atoms with Gasteiger partial charge in [0, 0.05) is 20.3 Å². The molecular formula is C11H9Br2N3O2S. The number of hydrogen-bond donors (Lipinski definition) is 1. The molecular weight excluding hydrogens is 398 g/mol. The number of pyridine rings is 1. The van der Waals surface area contributed by atoms with Gasteiger partial charge in [-0.2, -0.15) is 0 Å². The summed E-state index contributed by atoms with van der Waals surface area (Å²) >= 11 is 8.36. The van der Waals surface area contributed by atoms with Crippen molar-refractivity contribution in [2.24, 2.45) is 0 Å². The minimum absolute atomic E-state index is 0.0105. The minimum Gasteiger partial charge on any atom is -0.364 e. The quantitative estimate of drug-likeness (QED) is 0.599. The van der Waals surface area contributed by atoms with Gasteiger partial charge >= 0.3 is 0 Å². The summed E-state index contributed by atoms with van der Waals surface area (Å²) in [6.07, 6.45) is 1.27. The van der Waals surface area contributed by atoms with Crippen molar-refractivity contribution in [3.63, 3.8) is 0 Å². The Hall–Kier alpha value is -0.990. The molecule has 2 rings (SSSR count). The van der Waals surface area contributed by atoms with Crippen LogP contribution in [-0.4, -0.2) is 9.91 Å². The standard InChI is InChI=1S/C11H9Br2N3O2S/c1-6-9(16(17)18)4-15-11(10(6)13)14-3-8-2-7(12)5-19-8/h2,4-5H,3H2,1H3,(H,14,15). The second kappa shape index (κ2) is 5.98. The van der Waals surface area contributed by atoms with Gasteiger partial charge in [0.15, 0.2) is 0 Å². The summed E-state index contributed by atoms with van der Waals surface area (Å²) in [5.74, 6) is 0.604. The average molecular weight is 407 g/mol. The molecule has 0 fully saturated rings. The van der Waals surface area contributed by atoms with E-state index >= 15 is 0 Å². The largest absolute Gasteiger partial charge is 0.364 e. The Bertz CT molecular complexity index is 630. The summed E-state index contributed by atoms with van der Waals surface area (Å²) in [5, 5.41) is 15.9. The lowest BCUT2D eigenvalue weighted by molar-refractivity contribution is -0.385. The second-order valence-corrected chi connectivity index (χ2v) is 6.48. The van der Waals surface area contributed by atoms with Crippen LogP contribution in [0.25, 0.3) is 0 Å². The average Bonchev–Trinajstić information content (AvgIpc) is 2.76. The van der Waals surface area contributed by atoms with Gasteiger partial charge in [0.25, 0.3) is 5.69 Å². The second-order valence-electron chi connectivity index (χ2n) is 3.77. The molecule has 2 aromatic heterocycles. The van der Waals surface area contributed by atoms with Crippen LogP contribution >= 0.6 is 43.2 Å². The molecule has 0 aliphatic rings. The SMILES string of the molecule is Cc1c([N+](=O)[O-])cnc(NCc2cc(Br)cs2)c1Br. The first-order chi connectivity index (χ1) is 8.99. The van der Waals surface area contributed by atoms with Crippen LogP contribution in [0.15, 0.2) is 26.6 Å². The predicted molar refractivity (Wildman–Crippen MR) is 82.7 cm³/mol. The molecule has 0 amide bonds. The number of anilines is 1. The first-order valence-corrected chi connectivity index (χ1v) is 7.72. The smallest absolute Gasteiger partial charge is 0.291 e. The Kier molecular flexibility index (Phi) is 4.54. The maximum atomic E-state index is 10.8. The summed E-state index contributed by atoms with van der Waals surface area (Å²) in [4.78, 5) is 15.6. The summed E-state index contributed by atoms with van der Waals surface area (Å²) in [7, 11) is 0. The Balaban J connectivity index is 2.17. The number of hydrogen-bond acceptors (Lipinski definition) is 5. The number of rotatable bonds is 4. The molecule has 8 heteroatoms. The van der Waals surface area contributed by atoms with Gasteiger partial charge in [-0.3, -0.25) is 10.1 Å². The van der Waals surface area contributed by atoms with Gasteiger partial charge < -0.3 is 5.32 Å². The van der Waals surface area contributed by atoms with Crippen molar-refractivity contribution in [3.8, 4) is 0 Å². The molecule has 0 aliphatic carbocycles. The third-order valence-corrected chi connectivity index (χ3v) is 5.15. The van der Waals surface area contributed by atoms with Crippen LogP contribution in [-0.2, 0) is 6.54 Å². The van der Waals surface area contributed by atoms with Crippen molar-refractivity contribution in [2.45, 2.75) is 13.5 Å². The molecule has 0 saturated heterocycles. The van der Waals surface area contributed by atoms with Gasteiger partial charge in [-0.1, -0.05) is 0 Å². The molecule has 0 aromatic carbocycles. The Labute approximate surface area is 130 Å². The first-order valence-electron chi connectivity index (χ1n) is 5.25. The summed E-state index contributed by atoms with van der Waals surface area (Å²) in [5.41, 5.74) is 0.575. The molecule has 0 spiro atoms. The highest BCUT2D eigenvalue weighted by molar-refractivity contribution is 9.11. The zero-order valence-electron chi connectivity index (χ0n) is 9.81. The number of nitrogens with one attached hydrogen (secondary N) is 1. The minimum atomic E-state index is -0.437. The Morgan fingerprint density at radius 1 is 1.53 bits per heavy atom. The molecule has 0 aliphatic heterocycles. The Morgan fingerprint density at radius 2 is 2.26 bits per heavy atom. The van der Waals surface area contributed by atoms with Crippen LogP contribution in [0.5, 0.6) is 0 Å². The van der Waals surface area contributed by atoms with Gasteiger partial charge in [-0.05, 0) is 44.8 Å². The van der Waals surface area contributed by atoms with Crippen LogP contribution in [0.4, 0.5) is 11.5 Å². The van der Waals surface area contributed by atoms with E-state index in [0.717, 1.165) is 9.35 Å². The van der Waals surface area contributed by atoms with Gasteiger partial charge in [0.05, 0.1) is 15.9 Å². The molecule has 0 saturated carbocycles.